The third-order valence-corrected chi connectivity index (χ3v) is 8.46. The number of halogens is 1. The van der Waals surface area contributed by atoms with Gasteiger partial charge in [0.2, 0.25) is 9.84 Å². The van der Waals surface area contributed by atoms with E-state index >= 15 is 0 Å². The first-order chi connectivity index (χ1) is 13.9. The minimum Gasteiger partial charge on any atom is -0.368 e. The molecule has 1 aromatic heterocycles. The van der Waals surface area contributed by atoms with Gasteiger partial charge < -0.3 is 9.80 Å². The first-order valence-electron chi connectivity index (χ1n) is 9.15. The van der Waals surface area contributed by atoms with Crippen LogP contribution in [0.15, 0.2) is 75.8 Å². The smallest absolute Gasteiger partial charge is 0.264 e. The molecule has 1 fully saturated rings. The summed E-state index contributed by atoms with van der Waals surface area (Å²) in [5, 5.41) is 0.696. The highest BCUT2D eigenvalue weighted by molar-refractivity contribution is 7.93. The van der Waals surface area contributed by atoms with E-state index in [1.807, 2.05) is 24.3 Å². The van der Waals surface area contributed by atoms with Gasteiger partial charge in [-0.2, -0.15) is 0 Å². The highest BCUT2D eigenvalue weighted by Gasteiger charge is 2.26. The van der Waals surface area contributed by atoms with Crippen LogP contribution in [0.3, 0.4) is 0 Å². The lowest BCUT2D eigenvalue weighted by molar-refractivity contribution is 0.0751. The molecule has 29 heavy (non-hydrogen) atoms. The van der Waals surface area contributed by atoms with Crippen molar-refractivity contribution in [3.8, 4) is 0 Å². The number of hydrogen-bond donors (Lipinski definition) is 0. The van der Waals surface area contributed by atoms with Gasteiger partial charge in [0.15, 0.2) is 0 Å². The molecule has 1 aliphatic heterocycles. The second-order valence-corrected chi connectivity index (χ2v) is 10.4. The number of hydrogen-bond acceptors (Lipinski definition) is 5. The molecule has 0 aliphatic carbocycles. The zero-order valence-corrected chi connectivity index (χ0v) is 17.9. The molecular weight excluding hydrogens is 428 g/mol. The Morgan fingerprint density at radius 3 is 2.17 bits per heavy atom. The Hall–Kier alpha value is -2.35. The number of nitrogens with zero attached hydrogens (tertiary/aromatic N) is 2. The lowest BCUT2D eigenvalue weighted by Crippen LogP contribution is -2.48. The minimum absolute atomic E-state index is 0.125. The molecule has 150 valence electrons. The summed E-state index contributed by atoms with van der Waals surface area (Å²) < 4.78 is 25.7. The van der Waals surface area contributed by atoms with Crippen LogP contribution in [-0.4, -0.2) is 45.4 Å². The Kier molecular flexibility index (Phi) is 5.63. The zero-order chi connectivity index (χ0) is 20.4. The van der Waals surface area contributed by atoms with E-state index in [4.69, 9.17) is 11.6 Å². The van der Waals surface area contributed by atoms with Gasteiger partial charge in [0.1, 0.15) is 4.21 Å². The van der Waals surface area contributed by atoms with Crippen LogP contribution in [0, 0.1) is 0 Å². The minimum atomic E-state index is -3.60. The molecule has 0 unspecified atom stereocenters. The van der Waals surface area contributed by atoms with Gasteiger partial charge in [0, 0.05) is 36.9 Å². The average molecular weight is 447 g/mol. The van der Waals surface area contributed by atoms with Crippen LogP contribution in [-0.2, 0) is 9.84 Å². The Morgan fingerprint density at radius 2 is 1.52 bits per heavy atom. The van der Waals surface area contributed by atoms with Crippen LogP contribution in [0.25, 0.3) is 0 Å². The SMILES string of the molecule is O=C(c1ccc(S(=O)(=O)c2ccccc2)s1)N1CCN(c2ccc(Cl)cc2)CC1. The molecule has 3 aromatic rings. The zero-order valence-electron chi connectivity index (χ0n) is 15.5. The summed E-state index contributed by atoms with van der Waals surface area (Å²) in [7, 11) is -3.60. The van der Waals surface area contributed by atoms with Crippen LogP contribution >= 0.6 is 22.9 Å². The molecule has 1 saturated heterocycles. The van der Waals surface area contributed by atoms with Gasteiger partial charge in [-0.05, 0) is 48.5 Å². The van der Waals surface area contributed by atoms with Crippen molar-refractivity contribution < 1.29 is 13.2 Å². The highest BCUT2D eigenvalue weighted by Crippen LogP contribution is 2.29. The second-order valence-electron chi connectivity index (χ2n) is 6.69. The molecule has 5 nitrogen and oxygen atoms in total. The van der Waals surface area contributed by atoms with Crippen LogP contribution in [0.5, 0.6) is 0 Å². The third-order valence-electron chi connectivity index (χ3n) is 4.87. The first kappa shape index (κ1) is 19.9. The summed E-state index contributed by atoms with van der Waals surface area (Å²) in [5.41, 5.74) is 1.08. The van der Waals surface area contributed by atoms with Gasteiger partial charge in [0.25, 0.3) is 5.91 Å². The average Bonchev–Trinajstić information content (AvgIpc) is 3.26. The van der Waals surface area contributed by atoms with Crippen LogP contribution in [0.2, 0.25) is 5.02 Å². The molecule has 0 saturated carbocycles. The fourth-order valence-electron chi connectivity index (χ4n) is 3.27. The van der Waals surface area contributed by atoms with Gasteiger partial charge in [-0.3, -0.25) is 4.79 Å². The second kappa shape index (κ2) is 8.18. The fraction of sp³-hybridized carbons (Fsp3) is 0.190. The summed E-state index contributed by atoms with van der Waals surface area (Å²) >= 11 is 6.97. The van der Waals surface area contributed by atoms with Crippen molar-refractivity contribution in [1.29, 1.82) is 0 Å². The maximum absolute atomic E-state index is 12.9. The van der Waals surface area contributed by atoms with Crippen molar-refractivity contribution in [2.45, 2.75) is 9.10 Å². The van der Waals surface area contributed by atoms with Gasteiger partial charge in [0.05, 0.1) is 9.77 Å². The monoisotopic (exact) mass is 446 g/mol. The van der Waals surface area contributed by atoms with E-state index in [-0.39, 0.29) is 15.0 Å². The van der Waals surface area contributed by atoms with Crippen molar-refractivity contribution in [3.05, 3.63) is 76.6 Å². The molecule has 2 heterocycles. The number of rotatable bonds is 4. The number of amides is 1. The molecule has 1 amide bonds. The fourth-order valence-corrected chi connectivity index (χ4v) is 6.09. The molecule has 0 bridgehead atoms. The van der Waals surface area contributed by atoms with E-state index < -0.39 is 9.84 Å². The molecule has 4 rings (SSSR count). The molecule has 0 spiro atoms. The number of thiophene rings is 1. The maximum atomic E-state index is 12.9. The molecular formula is C21H19ClN2O3S2. The summed E-state index contributed by atoms with van der Waals surface area (Å²) in [4.78, 5) is 17.5. The number of benzene rings is 2. The Balaban J connectivity index is 1.44. The number of piperazine rings is 1. The highest BCUT2D eigenvalue weighted by atomic mass is 35.5. The van der Waals surface area contributed by atoms with E-state index in [2.05, 4.69) is 4.90 Å². The van der Waals surface area contributed by atoms with Crippen LogP contribution in [0.4, 0.5) is 5.69 Å². The van der Waals surface area contributed by atoms with Gasteiger partial charge in [-0.15, -0.1) is 11.3 Å². The molecule has 0 radical (unpaired) electrons. The van der Waals surface area contributed by atoms with Crippen molar-refractivity contribution in [1.82, 2.24) is 4.90 Å². The van der Waals surface area contributed by atoms with Crippen molar-refractivity contribution in [2.24, 2.45) is 0 Å². The lowest BCUT2D eigenvalue weighted by atomic mass is 10.2. The van der Waals surface area contributed by atoms with Crippen molar-refractivity contribution in [2.75, 3.05) is 31.1 Å². The van der Waals surface area contributed by atoms with Crippen molar-refractivity contribution >= 4 is 44.4 Å². The number of carbonyl (C=O) groups is 1. The van der Waals surface area contributed by atoms with Crippen LogP contribution in [0.1, 0.15) is 9.67 Å². The predicted octanol–water partition coefficient (Wildman–Crippen LogP) is 4.20. The van der Waals surface area contributed by atoms with E-state index in [0.717, 1.165) is 17.0 Å². The number of carbonyl (C=O) groups excluding carboxylic acids is 1. The Morgan fingerprint density at radius 1 is 0.862 bits per heavy atom. The van der Waals surface area contributed by atoms with Gasteiger partial charge in [-0.25, -0.2) is 8.42 Å². The normalized spacial score (nSPS) is 14.8. The van der Waals surface area contributed by atoms with E-state index in [1.165, 1.54) is 6.07 Å². The number of sulfone groups is 1. The Bertz CT molecular complexity index is 1100. The van der Waals surface area contributed by atoms with Crippen LogP contribution < -0.4 is 4.90 Å². The quantitative estimate of drug-likeness (QED) is 0.602. The third kappa shape index (κ3) is 4.17. The molecule has 1 aliphatic rings. The van der Waals surface area contributed by atoms with E-state index in [9.17, 15) is 13.2 Å². The maximum Gasteiger partial charge on any atom is 0.264 e. The van der Waals surface area contributed by atoms with E-state index in [1.54, 1.807) is 41.3 Å². The summed E-state index contributed by atoms with van der Waals surface area (Å²) in [6, 6.07) is 19.0. The standard InChI is InChI=1S/C21H19ClN2O3S2/c22-16-6-8-17(9-7-16)23-12-14-24(15-13-23)21(25)19-10-11-20(28-19)29(26,27)18-4-2-1-3-5-18/h1-11H,12-15H2. The number of anilines is 1. The first-order valence-corrected chi connectivity index (χ1v) is 11.8. The van der Waals surface area contributed by atoms with E-state index in [0.29, 0.717) is 36.1 Å². The van der Waals surface area contributed by atoms with Gasteiger partial charge in [-0.1, -0.05) is 29.8 Å². The summed E-state index contributed by atoms with van der Waals surface area (Å²) in [5.74, 6) is -0.125. The molecule has 0 N–H and O–H groups in total. The molecule has 0 atom stereocenters. The summed E-state index contributed by atoms with van der Waals surface area (Å²) in [6.45, 7) is 2.60. The lowest BCUT2D eigenvalue weighted by Gasteiger charge is -2.36. The topological polar surface area (TPSA) is 57.7 Å². The molecule has 8 heteroatoms. The van der Waals surface area contributed by atoms with Crippen molar-refractivity contribution in [3.63, 3.8) is 0 Å². The predicted molar refractivity (Wildman–Crippen MR) is 116 cm³/mol. The summed E-state index contributed by atoms with van der Waals surface area (Å²) in [6.07, 6.45) is 0. The largest absolute Gasteiger partial charge is 0.368 e. The Labute approximate surface area is 179 Å². The molecule has 2 aromatic carbocycles. The van der Waals surface area contributed by atoms with Gasteiger partial charge >= 0.3 is 0 Å².